The molecule has 1 fully saturated rings. The molecule has 1 aliphatic heterocycles. The lowest BCUT2D eigenvalue weighted by molar-refractivity contribution is -0.132. The second kappa shape index (κ2) is 9.49. The third kappa shape index (κ3) is 3.95. The van der Waals surface area contributed by atoms with Crippen LogP contribution in [0, 0.1) is 0 Å². The number of carbonyl (C=O) groups is 2. The van der Waals surface area contributed by atoms with Gasteiger partial charge in [-0.3, -0.25) is 14.5 Å². The second-order valence-electron chi connectivity index (χ2n) is 7.46. The van der Waals surface area contributed by atoms with Gasteiger partial charge in [-0.15, -0.1) is 0 Å². The van der Waals surface area contributed by atoms with E-state index in [1.54, 1.807) is 55.6 Å². The van der Waals surface area contributed by atoms with E-state index >= 15 is 0 Å². The predicted molar refractivity (Wildman–Crippen MR) is 129 cm³/mol. The van der Waals surface area contributed by atoms with Gasteiger partial charge in [0.1, 0.15) is 23.0 Å². The molecular formula is C26H22ClNO6. The minimum absolute atomic E-state index is 0.0773. The number of aliphatic hydroxyl groups is 1. The Hall–Kier alpha value is -3.97. The number of carbonyl (C=O) groups excluding carboxylic acids is 2. The van der Waals surface area contributed by atoms with Crippen LogP contribution in [-0.2, 0) is 9.59 Å². The highest BCUT2D eigenvalue weighted by Crippen LogP contribution is 2.44. The lowest BCUT2D eigenvalue weighted by Gasteiger charge is -2.25. The molecule has 1 heterocycles. The Bertz CT molecular complexity index is 1270. The second-order valence-corrected chi connectivity index (χ2v) is 7.87. The van der Waals surface area contributed by atoms with Gasteiger partial charge in [-0.2, -0.15) is 0 Å². The standard InChI is InChI=1S/C26H22ClNO6/c1-32-17-11-9-16(10-12-17)28-23(15-7-5-4-6-8-15)22(25(30)26(28)31)24(29)18-13-19(27)21(34-3)14-20(18)33-2/h4-14,23,29H,1-3H3/b24-22+. The zero-order valence-electron chi connectivity index (χ0n) is 18.7. The van der Waals surface area contributed by atoms with E-state index in [0.717, 1.165) is 0 Å². The molecule has 0 saturated carbocycles. The molecule has 34 heavy (non-hydrogen) atoms. The summed E-state index contributed by atoms with van der Waals surface area (Å²) in [5.41, 5.74) is 1.22. The van der Waals surface area contributed by atoms with E-state index in [0.29, 0.717) is 22.7 Å². The zero-order chi connectivity index (χ0) is 24.4. The number of halogens is 1. The largest absolute Gasteiger partial charge is 0.507 e. The number of Topliss-reactive ketones (excluding diaryl/α,β-unsaturated/α-hetero) is 1. The molecule has 8 heteroatoms. The smallest absolute Gasteiger partial charge is 0.300 e. The summed E-state index contributed by atoms with van der Waals surface area (Å²) >= 11 is 6.29. The van der Waals surface area contributed by atoms with Crippen LogP contribution < -0.4 is 19.1 Å². The molecule has 0 aromatic heterocycles. The van der Waals surface area contributed by atoms with Crippen LogP contribution in [0.1, 0.15) is 17.2 Å². The average molecular weight is 480 g/mol. The van der Waals surface area contributed by atoms with E-state index < -0.39 is 23.5 Å². The molecule has 3 aromatic rings. The van der Waals surface area contributed by atoms with Gasteiger partial charge in [-0.25, -0.2) is 0 Å². The summed E-state index contributed by atoms with van der Waals surface area (Å²) in [7, 11) is 4.42. The van der Waals surface area contributed by atoms with Gasteiger partial charge in [0.25, 0.3) is 11.7 Å². The van der Waals surface area contributed by atoms with Crippen LogP contribution in [0.15, 0.2) is 72.3 Å². The Balaban J connectivity index is 1.95. The maximum atomic E-state index is 13.3. The number of ether oxygens (including phenoxy) is 3. The van der Waals surface area contributed by atoms with Crippen molar-refractivity contribution < 1.29 is 28.9 Å². The zero-order valence-corrected chi connectivity index (χ0v) is 19.5. The van der Waals surface area contributed by atoms with Gasteiger partial charge in [0.15, 0.2) is 0 Å². The number of benzene rings is 3. The topological polar surface area (TPSA) is 85.3 Å². The number of ketones is 1. The van der Waals surface area contributed by atoms with E-state index in [1.807, 2.05) is 6.07 Å². The third-order valence-corrected chi connectivity index (χ3v) is 5.93. The van der Waals surface area contributed by atoms with Crippen molar-refractivity contribution in [1.29, 1.82) is 0 Å². The van der Waals surface area contributed by atoms with E-state index in [-0.39, 0.29) is 21.9 Å². The van der Waals surface area contributed by atoms with Crippen LogP contribution in [0.2, 0.25) is 5.02 Å². The van der Waals surface area contributed by atoms with Crippen LogP contribution in [0.3, 0.4) is 0 Å². The number of nitrogens with zero attached hydrogens (tertiary/aromatic N) is 1. The molecule has 1 amide bonds. The Morgan fingerprint density at radius 3 is 2.12 bits per heavy atom. The number of aliphatic hydroxyl groups excluding tert-OH is 1. The van der Waals surface area contributed by atoms with Gasteiger partial charge in [-0.05, 0) is 35.9 Å². The molecule has 174 valence electrons. The first kappa shape index (κ1) is 23.2. The van der Waals surface area contributed by atoms with Gasteiger partial charge >= 0.3 is 0 Å². The quantitative estimate of drug-likeness (QED) is 0.304. The maximum Gasteiger partial charge on any atom is 0.300 e. The molecule has 1 aliphatic rings. The summed E-state index contributed by atoms with van der Waals surface area (Å²) in [6, 6.07) is 17.8. The van der Waals surface area contributed by atoms with Gasteiger partial charge in [-0.1, -0.05) is 41.9 Å². The van der Waals surface area contributed by atoms with Crippen molar-refractivity contribution in [3.8, 4) is 17.2 Å². The number of rotatable bonds is 6. The van der Waals surface area contributed by atoms with Crippen LogP contribution in [0.25, 0.3) is 5.76 Å². The number of hydrogen-bond acceptors (Lipinski definition) is 6. The van der Waals surface area contributed by atoms with Crippen molar-refractivity contribution >= 4 is 34.7 Å². The van der Waals surface area contributed by atoms with Crippen LogP contribution >= 0.6 is 11.6 Å². The lowest BCUT2D eigenvalue weighted by Crippen LogP contribution is -2.29. The van der Waals surface area contributed by atoms with E-state index in [2.05, 4.69) is 0 Å². The highest BCUT2D eigenvalue weighted by molar-refractivity contribution is 6.51. The molecule has 0 bridgehead atoms. The fourth-order valence-electron chi connectivity index (χ4n) is 3.98. The molecule has 3 aromatic carbocycles. The van der Waals surface area contributed by atoms with Crippen LogP contribution in [0.4, 0.5) is 5.69 Å². The van der Waals surface area contributed by atoms with E-state index in [9.17, 15) is 14.7 Å². The Morgan fingerprint density at radius 1 is 0.882 bits per heavy atom. The first-order valence-corrected chi connectivity index (χ1v) is 10.7. The summed E-state index contributed by atoms with van der Waals surface area (Å²) in [6.07, 6.45) is 0. The monoisotopic (exact) mass is 479 g/mol. The Labute approximate surface area is 201 Å². The summed E-state index contributed by atoms with van der Waals surface area (Å²) in [6.45, 7) is 0. The summed E-state index contributed by atoms with van der Waals surface area (Å²) in [5.74, 6) is -0.802. The maximum absolute atomic E-state index is 13.3. The first-order chi connectivity index (χ1) is 16.4. The molecule has 1 unspecified atom stereocenters. The van der Waals surface area contributed by atoms with Gasteiger partial charge in [0.05, 0.1) is 43.5 Å². The third-order valence-electron chi connectivity index (χ3n) is 5.64. The van der Waals surface area contributed by atoms with Crippen molar-refractivity contribution in [1.82, 2.24) is 0 Å². The SMILES string of the molecule is COc1ccc(N2C(=O)C(=O)/C(=C(/O)c3cc(Cl)c(OC)cc3OC)C2c2ccccc2)cc1. The van der Waals surface area contributed by atoms with E-state index in [4.69, 9.17) is 25.8 Å². The summed E-state index contributed by atoms with van der Waals surface area (Å²) in [5, 5.41) is 11.6. The van der Waals surface area contributed by atoms with Gasteiger partial charge in [0.2, 0.25) is 0 Å². The number of anilines is 1. The van der Waals surface area contributed by atoms with E-state index in [1.165, 1.54) is 31.3 Å². The van der Waals surface area contributed by atoms with Crippen molar-refractivity contribution in [2.75, 3.05) is 26.2 Å². The molecule has 0 aliphatic carbocycles. The van der Waals surface area contributed by atoms with Crippen molar-refractivity contribution in [3.05, 3.63) is 88.5 Å². The summed E-state index contributed by atoms with van der Waals surface area (Å²) in [4.78, 5) is 27.9. The van der Waals surface area contributed by atoms with Crippen LogP contribution in [-0.4, -0.2) is 38.1 Å². The molecule has 0 spiro atoms. The fourth-order valence-corrected chi connectivity index (χ4v) is 4.22. The number of amides is 1. The minimum Gasteiger partial charge on any atom is -0.507 e. The van der Waals surface area contributed by atoms with Crippen molar-refractivity contribution in [2.24, 2.45) is 0 Å². The number of hydrogen-bond donors (Lipinski definition) is 1. The lowest BCUT2D eigenvalue weighted by atomic mass is 9.94. The molecule has 1 atom stereocenters. The average Bonchev–Trinajstić information content (AvgIpc) is 3.14. The molecule has 1 saturated heterocycles. The van der Waals surface area contributed by atoms with Gasteiger partial charge < -0.3 is 19.3 Å². The predicted octanol–water partition coefficient (Wildman–Crippen LogP) is 4.99. The highest BCUT2D eigenvalue weighted by Gasteiger charge is 2.47. The fraction of sp³-hybridized carbons (Fsp3) is 0.154. The van der Waals surface area contributed by atoms with Crippen molar-refractivity contribution in [2.45, 2.75) is 6.04 Å². The molecule has 0 radical (unpaired) electrons. The molecule has 7 nitrogen and oxygen atoms in total. The Morgan fingerprint density at radius 2 is 1.53 bits per heavy atom. The normalized spacial score (nSPS) is 17.1. The number of methoxy groups -OCH3 is 3. The van der Waals surface area contributed by atoms with Crippen LogP contribution in [0.5, 0.6) is 17.2 Å². The summed E-state index contributed by atoms with van der Waals surface area (Å²) < 4.78 is 15.8. The van der Waals surface area contributed by atoms with Crippen molar-refractivity contribution in [3.63, 3.8) is 0 Å². The first-order valence-electron chi connectivity index (χ1n) is 10.3. The molecule has 1 N–H and O–H groups in total. The molecular weight excluding hydrogens is 458 g/mol. The highest BCUT2D eigenvalue weighted by atomic mass is 35.5. The molecule has 4 rings (SSSR count). The van der Waals surface area contributed by atoms with Gasteiger partial charge in [0, 0.05) is 11.8 Å². The Kier molecular flexibility index (Phi) is 6.47. The minimum atomic E-state index is -0.875.